The summed E-state index contributed by atoms with van der Waals surface area (Å²) < 4.78 is 1.87. The van der Waals surface area contributed by atoms with Crippen LogP contribution in [0.25, 0.3) is 5.69 Å². The molecule has 1 unspecified atom stereocenters. The number of nitrogens with zero attached hydrogens (tertiary/aromatic N) is 4. The molecule has 1 aliphatic rings. The van der Waals surface area contributed by atoms with Crippen LogP contribution in [-0.4, -0.2) is 58.2 Å². The summed E-state index contributed by atoms with van der Waals surface area (Å²) in [5.74, 6) is -0.00332. The lowest BCUT2D eigenvalue weighted by Crippen LogP contribution is -2.49. The third-order valence-corrected chi connectivity index (χ3v) is 6.58. The first-order chi connectivity index (χ1) is 15.4. The third kappa shape index (κ3) is 4.88. The van der Waals surface area contributed by atoms with Gasteiger partial charge in [-0.2, -0.15) is 5.10 Å². The van der Waals surface area contributed by atoms with E-state index >= 15 is 0 Å². The number of nitrogens with one attached hydrogen (secondary N) is 1. The highest BCUT2D eigenvalue weighted by molar-refractivity contribution is 6.31. The van der Waals surface area contributed by atoms with Crippen LogP contribution in [0.1, 0.15) is 29.9 Å². The van der Waals surface area contributed by atoms with Crippen molar-refractivity contribution in [3.05, 3.63) is 76.6 Å². The lowest BCUT2D eigenvalue weighted by atomic mass is 10.1. The zero-order valence-corrected chi connectivity index (χ0v) is 19.6. The number of aromatic nitrogens is 2. The molecule has 1 atom stereocenters. The van der Waals surface area contributed by atoms with Gasteiger partial charge in [-0.1, -0.05) is 48.0 Å². The molecule has 0 spiro atoms. The van der Waals surface area contributed by atoms with E-state index in [1.165, 1.54) is 0 Å². The van der Waals surface area contributed by atoms with Crippen LogP contribution in [-0.2, 0) is 4.79 Å². The minimum absolute atomic E-state index is 0.00332. The predicted molar refractivity (Wildman–Crippen MR) is 130 cm³/mol. The molecule has 168 valence electrons. The molecular formula is C25H30ClN5O. The quantitative estimate of drug-likeness (QED) is 0.601. The molecule has 0 bridgehead atoms. The Labute approximate surface area is 194 Å². The van der Waals surface area contributed by atoms with Gasteiger partial charge < -0.3 is 5.32 Å². The van der Waals surface area contributed by atoms with Crippen molar-refractivity contribution in [2.24, 2.45) is 0 Å². The van der Waals surface area contributed by atoms with E-state index in [-0.39, 0.29) is 11.9 Å². The van der Waals surface area contributed by atoms with Crippen molar-refractivity contribution in [1.29, 1.82) is 0 Å². The molecule has 6 nitrogen and oxygen atoms in total. The molecule has 0 aliphatic carbocycles. The number of hydrogen-bond acceptors (Lipinski definition) is 4. The maximum Gasteiger partial charge on any atom is 0.238 e. The van der Waals surface area contributed by atoms with E-state index in [9.17, 15) is 4.79 Å². The first kappa shape index (κ1) is 22.5. The van der Waals surface area contributed by atoms with Crippen molar-refractivity contribution >= 4 is 23.2 Å². The van der Waals surface area contributed by atoms with Crippen molar-refractivity contribution in [3.63, 3.8) is 0 Å². The van der Waals surface area contributed by atoms with Gasteiger partial charge in [0.25, 0.3) is 0 Å². The number of carbonyl (C=O) groups is 1. The van der Waals surface area contributed by atoms with Gasteiger partial charge in [-0.05, 0) is 44.5 Å². The molecule has 1 N–H and O–H groups in total. The molecule has 2 heterocycles. The molecule has 1 fully saturated rings. The fourth-order valence-electron chi connectivity index (χ4n) is 4.35. The summed E-state index contributed by atoms with van der Waals surface area (Å²) >= 11 is 6.38. The van der Waals surface area contributed by atoms with Gasteiger partial charge in [0, 0.05) is 37.2 Å². The van der Waals surface area contributed by atoms with E-state index in [2.05, 4.69) is 33.2 Å². The predicted octanol–water partition coefficient (Wildman–Crippen LogP) is 4.46. The van der Waals surface area contributed by atoms with Crippen molar-refractivity contribution in [2.45, 2.75) is 26.8 Å². The number of para-hydroxylation sites is 1. The molecule has 1 aliphatic heterocycles. The zero-order valence-electron chi connectivity index (χ0n) is 18.9. The number of hydrogen-bond donors (Lipinski definition) is 1. The van der Waals surface area contributed by atoms with Gasteiger partial charge in [0.1, 0.15) is 0 Å². The summed E-state index contributed by atoms with van der Waals surface area (Å²) in [4.78, 5) is 17.4. The zero-order chi connectivity index (χ0) is 22.7. The fourth-order valence-corrected chi connectivity index (χ4v) is 4.64. The summed E-state index contributed by atoms with van der Waals surface area (Å²) in [6.45, 7) is 10.00. The van der Waals surface area contributed by atoms with Crippen molar-refractivity contribution < 1.29 is 4.79 Å². The first-order valence-electron chi connectivity index (χ1n) is 11.1. The van der Waals surface area contributed by atoms with Crippen LogP contribution in [0.2, 0.25) is 5.02 Å². The number of rotatable bonds is 6. The largest absolute Gasteiger partial charge is 0.322 e. The molecule has 1 aromatic heterocycles. The lowest BCUT2D eigenvalue weighted by molar-refractivity contribution is -0.117. The maximum atomic E-state index is 12.8. The molecule has 0 saturated carbocycles. The Hall–Kier alpha value is -2.67. The Morgan fingerprint density at radius 2 is 1.69 bits per heavy atom. The number of carbonyl (C=O) groups excluding carboxylic acids is 1. The Bertz CT molecular complexity index is 1070. The molecule has 1 amide bonds. The fraction of sp³-hybridized carbons (Fsp3) is 0.360. The number of anilines is 1. The Morgan fingerprint density at radius 1 is 1.03 bits per heavy atom. The van der Waals surface area contributed by atoms with E-state index < -0.39 is 0 Å². The van der Waals surface area contributed by atoms with Gasteiger partial charge in [-0.25, -0.2) is 4.68 Å². The van der Waals surface area contributed by atoms with Crippen LogP contribution in [0.5, 0.6) is 0 Å². The van der Waals surface area contributed by atoms with Gasteiger partial charge in [-0.15, -0.1) is 0 Å². The third-order valence-electron chi connectivity index (χ3n) is 6.23. The molecule has 3 aromatic rings. The van der Waals surface area contributed by atoms with Gasteiger partial charge in [0.05, 0.1) is 29.3 Å². The summed E-state index contributed by atoms with van der Waals surface area (Å²) in [6, 6.07) is 18.2. The highest BCUT2D eigenvalue weighted by Gasteiger charge is 2.25. The molecule has 4 rings (SSSR count). The van der Waals surface area contributed by atoms with Crippen molar-refractivity contribution in [1.82, 2.24) is 19.6 Å². The average molecular weight is 452 g/mol. The molecular weight excluding hydrogens is 422 g/mol. The van der Waals surface area contributed by atoms with E-state index in [4.69, 9.17) is 11.6 Å². The van der Waals surface area contributed by atoms with Crippen molar-refractivity contribution in [2.75, 3.05) is 38.0 Å². The summed E-state index contributed by atoms with van der Waals surface area (Å²) in [7, 11) is 0. The van der Waals surface area contributed by atoms with Crippen molar-refractivity contribution in [3.8, 4) is 5.69 Å². The molecule has 2 aromatic carbocycles. The highest BCUT2D eigenvalue weighted by atomic mass is 35.5. The second-order valence-corrected chi connectivity index (χ2v) is 8.76. The highest BCUT2D eigenvalue weighted by Crippen LogP contribution is 2.28. The number of amides is 1. The Kier molecular flexibility index (Phi) is 6.94. The van der Waals surface area contributed by atoms with Gasteiger partial charge in [0.2, 0.25) is 5.91 Å². The Balaban J connectivity index is 1.33. The van der Waals surface area contributed by atoms with Gasteiger partial charge >= 0.3 is 0 Å². The number of aryl methyl sites for hydroxylation is 1. The van der Waals surface area contributed by atoms with Gasteiger partial charge in [-0.3, -0.25) is 14.6 Å². The minimum atomic E-state index is -0.00332. The van der Waals surface area contributed by atoms with Crippen LogP contribution in [0.15, 0.2) is 54.6 Å². The number of halogens is 1. The number of piperazine rings is 1. The normalized spacial score (nSPS) is 16.1. The summed E-state index contributed by atoms with van der Waals surface area (Å²) in [6.07, 6.45) is 0. The van der Waals surface area contributed by atoms with Crippen LogP contribution < -0.4 is 5.32 Å². The minimum Gasteiger partial charge on any atom is -0.322 e. The number of benzene rings is 2. The van der Waals surface area contributed by atoms with Crippen LogP contribution >= 0.6 is 11.6 Å². The van der Waals surface area contributed by atoms with E-state index in [1.807, 2.05) is 67.1 Å². The smallest absolute Gasteiger partial charge is 0.238 e. The molecule has 0 radical (unpaired) electrons. The van der Waals surface area contributed by atoms with Gasteiger partial charge in [0.15, 0.2) is 0 Å². The standard InChI is InChI=1S/C25H30ClN5O/c1-18-25(20(3)31(28-18)21-9-5-4-6-10-21)27-24(32)17-29-13-15-30(16-14-29)19(2)22-11-7-8-12-23(22)26/h4-12,19H,13-17H2,1-3H3,(H,27,32). The second-order valence-electron chi connectivity index (χ2n) is 8.35. The first-order valence-corrected chi connectivity index (χ1v) is 11.4. The van der Waals surface area contributed by atoms with E-state index in [1.54, 1.807) is 0 Å². The van der Waals surface area contributed by atoms with Crippen LogP contribution in [0, 0.1) is 13.8 Å². The molecule has 32 heavy (non-hydrogen) atoms. The SMILES string of the molecule is Cc1nn(-c2ccccc2)c(C)c1NC(=O)CN1CCN(C(C)c2ccccc2Cl)CC1. The maximum absolute atomic E-state index is 12.8. The van der Waals surface area contributed by atoms with E-state index in [0.29, 0.717) is 6.54 Å². The lowest BCUT2D eigenvalue weighted by Gasteiger charge is -2.38. The summed E-state index contributed by atoms with van der Waals surface area (Å²) in [5, 5.41) is 8.51. The van der Waals surface area contributed by atoms with E-state index in [0.717, 1.165) is 59.5 Å². The monoisotopic (exact) mass is 451 g/mol. The molecule has 1 saturated heterocycles. The second kappa shape index (κ2) is 9.86. The van der Waals surface area contributed by atoms with Crippen LogP contribution in [0.3, 0.4) is 0 Å². The topological polar surface area (TPSA) is 53.4 Å². The molecule has 7 heteroatoms. The summed E-state index contributed by atoms with van der Waals surface area (Å²) in [5.41, 5.74) is 4.68. The van der Waals surface area contributed by atoms with Crippen LogP contribution in [0.4, 0.5) is 5.69 Å². The average Bonchev–Trinajstić information content (AvgIpc) is 3.08. The Morgan fingerprint density at radius 3 is 2.38 bits per heavy atom.